The normalized spacial score (nSPS) is 20.0. The van der Waals surface area contributed by atoms with Crippen molar-refractivity contribution in [2.45, 2.75) is 85.6 Å². The lowest BCUT2D eigenvalue weighted by Crippen LogP contribution is -2.46. The van der Waals surface area contributed by atoms with Crippen molar-refractivity contribution < 1.29 is 0 Å². The molecule has 0 fully saturated rings. The Morgan fingerprint density at radius 1 is 0.895 bits per heavy atom. The van der Waals surface area contributed by atoms with Gasteiger partial charge in [-0.25, -0.2) is 0 Å². The molecule has 0 N–H and O–H groups in total. The highest BCUT2D eigenvalue weighted by Gasteiger charge is 2.42. The average molecular weight is 284 g/mol. The van der Waals surface area contributed by atoms with Crippen molar-refractivity contribution in [3.63, 3.8) is 0 Å². The predicted molar refractivity (Wildman–Crippen MR) is 95.8 cm³/mol. The second kappa shape index (κ2) is 6.45. The summed E-state index contributed by atoms with van der Waals surface area (Å²) in [7, 11) is 1.17. The van der Waals surface area contributed by atoms with Gasteiger partial charge in [-0.15, -0.1) is 0 Å². The van der Waals surface area contributed by atoms with Crippen molar-refractivity contribution in [1.29, 1.82) is 0 Å². The van der Waals surface area contributed by atoms with Gasteiger partial charge in [0.25, 0.3) is 0 Å². The third kappa shape index (κ3) is 5.73. The standard InChI is InChI=1S/C17H37BS/c1-12(2)13(3)11-14(4)16(8,9)18-17(10,19)15(5,6)7/h12-14,18-19H,11H2,1-10H3. The van der Waals surface area contributed by atoms with E-state index in [9.17, 15) is 0 Å². The molecule has 0 aromatic heterocycles. The van der Waals surface area contributed by atoms with Crippen molar-refractivity contribution in [3.8, 4) is 0 Å². The van der Waals surface area contributed by atoms with E-state index in [0.29, 0.717) is 5.31 Å². The zero-order chi connectivity index (χ0) is 15.6. The van der Waals surface area contributed by atoms with Crippen LogP contribution in [-0.4, -0.2) is 11.9 Å². The minimum absolute atomic E-state index is 0.0752. The summed E-state index contributed by atoms with van der Waals surface area (Å²) in [5, 5.41) is 0.340. The second-order valence-corrected chi connectivity index (χ2v) is 10.0. The lowest BCUT2D eigenvalue weighted by molar-refractivity contribution is 0.283. The maximum Gasteiger partial charge on any atom is 0.147 e. The van der Waals surface area contributed by atoms with E-state index < -0.39 is 0 Å². The monoisotopic (exact) mass is 284 g/mol. The molecule has 0 rings (SSSR count). The van der Waals surface area contributed by atoms with Gasteiger partial charge in [-0.3, -0.25) is 0 Å². The van der Waals surface area contributed by atoms with Crippen molar-refractivity contribution in [2.75, 3.05) is 0 Å². The minimum atomic E-state index is 0.0752. The van der Waals surface area contributed by atoms with Crippen LogP contribution in [0.2, 0.25) is 5.31 Å². The predicted octanol–water partition coefficient (Wildman–Crippen LogP) is 5.63. The molecule has 0 heterocycles. The van der Waals surface area contributed by atoms with Crippen LogP contribution < -0.4 is 0 Å². The number of thiol groups is 1. The molecule has 0 spiro atoms. The van der Waals surface area contributed by atoms with Gasteiger partial charge in [-0.2, -0.15) is 12.6 Å². The fraction of sp³-hybridized carbons (Fsp3) is 1.00. The molecule has 0 aromatic carbocycles. The Hall–Kier alpha value is 0.415. The summed E-state index contributed by atoms with van der Waals surface area (Å²) in [6.45, 7) is 23.5. The van der Waals surface area contributed by atoms with Crippen LogP contribution in [0.25, 0.3) is 0 Å². The zero-order valence-electron chi connectivity index (χ0n) is 15.1. The molecular weight excluding hydrogens is 247 g/mol. The smallest absolute Gasteiger partial charge is 0.147 e. The van der Waals surface area contributed by atoms with E-state index in [-0.39, 0.29) is 10.1 Å². The van der Waals surface area contributed by atoms with Gasteiger partial charge in [-0.05, 0) is 34.2 Å². The Morgan fingerprint density at radius 2 is 1.32 bits per heavy atom. The van der Waals surface area contributed by atoms with E-state index in [1.54, 1.807) is 0 Å². The fourth-order valence-electron chi connectivity index (χ4n) is 2.48. The van der Waals surface area contributed by atoms with Crippen molar-refractivity contribution >= 4 is 19.9 Å². The molecule has 0 saturated carbocycles. The van der Waals surface area contributed by atoms with Gasteiger partial charge in [0.15, 0.2) is 0 Å². The molecule has 114 valence electrons. The van der Waals surface area contributed by atoms with E-state index >= 15 is 0 Å². The highest BCUT2D eigenvalue weighted by Crippen LogP contribution is 2.46. The summed E-state index contributed by atoms with van der Waals surface area (Å²) in [6, 6.07) is 0. The van der Waals surface area contributed by atoms with E-state index in [0.717, 1.165) is 17.8 Å². The lowest BCUT2D eigenvalue weighted by Gasteiger charge is -2.45. The van der Waals surface area contributed by atoms with Crippen LogP contribution in [0.3, 0.4) is 0 Å². The van der Waals surface area contributed by atoms with Crippen LogP contribution in [0.1, 0.15) is 75.7 Å². The van der Waals surface area contributed by atoms with Crippen LogP contribution in [0.15, 0.2) is 0 Å². The highest BCUT2D eigenvalue weighted by molar-refractivity contribution is 7.83. The van der Waals surface area contributed by atoms with Crippen LogP contribution in [0.5, 0.6) is 0 Å². The van der Waals surface area contributed by atoms with Crippen LogP contribution in [0, 0.1) is 23.2 Å². The Kier molecular flexibility index (Phi) is 6.60. The largest absolute Gasteiger partial charge is 0.181 e. The maximum atomic E-state index is 4.99. The van der Waals surface area contributed by atoms with E-state index in [1.165, 1.54) is 13.7 Å². The summed E-state index contributed by atoms with van der Waals surface area (Å²) >= 11 is 4.99. The first-order valence-corrected chi connectivity index (χ1v) is 8.38. The Morgan fingerprint density at radius 3 is 1.63 bits per heavy atom. The quantitative estimate of drug-likeness (QED) is 0.474. The lowest BCUT2D eigenvalue weighted by atomic mass is 9.39. The third-order valence-corrected chi connectivity index (χ3v) is 6.44. The molecule has 0 aliphatic carbocycles. The minimum Gasteiger partial charge on any atom is -0.181 e. The number of rotatable bonds is 6. The third-order valence-electron chi connectivity index (χ3n) is 5.61. The van der Waals surface area contributed by atoms with Crippen LogP contribution >= 0.6 is 12.6 Å². The van der Waals surface area contributed by atoms with Crippen molar-refractivity contribution in [1.82, 2.24) is 0 Å². The van der Waals surface area contributed by atoms with Crippen LogP contribution in [-0.2, 0) is 0 Å². The maximum absolute atomic E-state index is 4.99. The Balaban J connectivity index is 4.79. The van der Waals surface area contributed by atoms with Gasteiger partial charge in [0, 0.05) is 0 Å². The summed E-state index contributed by atoms with van der Waals surface area (Å²) in [4.78, 5) is 0. The van der Waals surface area contributed by atoms with E-state index in [4.69, 9.17) is 12.6 Å². The van der Waals surface area contributed by atoms with Gasteiger partial charge in [0.05, 0.1) is 0 Å². The van der Waals surface area contributed by atoms with Gasteiger partial charge < -0.3 is 0 Å². The van der Waals surface area contributed by atoms with Gasteiger partial charge in [0.2, 0.25) is 0 Å². The highest BCUT2D eigenvalue weighted by atomic mass is 32.1. The second-order valence-electron chi connectivity index (χ2n) is 9.05. The molecule has 2 heteroatoms. The summed E-state index contributed by atoms with van der Waals surface area (Å²) < 4.78 is 0.0752. The molecule has 3 atom stereocenters. The van der Waals surface area contributed by atoms with Gasteiger partial charge in [0.1, 0.15) is 7.28 Å². The first-order chi connectivity index (χ1) is 8.21. The number of hydrogen-bond acceptors (Lipinski definition) is 1. The van der Waals surface area contributed by atoms with E-state index in [2.05, 4.69) is 69.2 Å². The van der Waals surface area contributed by atoms with Crippen molar-refractivity contribution in [3.05, 3.63) is 0 Å². The molecule has 0 aromatic rings. The number of hydrogen-bond donors (Lipinski definition) is 1. The molecule has 0 nitrogen and oxygen atoms in total. The molecular formula is C17H37BS. The van der Waals surface area contributed by atoms with E-state index in [1.807, 2.05) is 0 Å². The molecule has 0 amide bonds. The van der Waals surface area contributed by atoms with Crippen LogP contribution in [0.4, 0.5) is 0 Å². The molecule has 19 heavy (non-hydrogen) atoms. The first-order valence-electron chi connectivity index (χ1n) is 7.93. The Bertz CT molecular complexity index is 273. The molecule has 0 aliphatic rings. The molecule has 0 bridgehead atoms. The SMILES string of the molecule is CC(C)C(C)CC(C)C(C)(C)BC(C)(S)C(C)(C)C. The van der Waals surface area contributed by atoms with Gasteiger partial charge >= 0.3 is 0 Å². The molecule has 0 saturated heterocycles. The molecule has 0 aliphatic heterocycles. The first kappa shape index (κ1) is 19.4. The molecule has 3 unspecified atom stereocenters. The molecule has 0 radical (unpaired) electrons. The summed E-state index contributed by atoms with van der Waals surface area (Å²) in [6.07, 6.45) is 1.32. The topological polar surface area (TPSA) is 0 Å². The summed E-state index contributed by atoms with van der Waals surface area (Å²) in [5.41, 5.74) is 0.233. The fourth-order valence-corrected chi connectivity index (χ4v) is 2.88. The summed E-state index contributed by atoms with van der Waals surface area (Å²) in [5.74, 6) is 2.32. The zero-order valence-corrected chi connectivity index (χ0v) is 16.0. The average Bonchev–Trinajstić information content (AvgIpc) is 2.13. The van der Waals surface area contributed by atoms with Gasteiger partial charge in [-0.1, -0.05) is 74.6 Å². The Labute approximate surface area is 129 Å². The van der Waals surface area contributed by atoms with Crippen molar-refractivity contribution in [2.24, 2.45) is 23.2 Å².